The van der Waals surface area contributed by atoms with Crippen LogP contribution in [0, 0.1) is 12.8 Å². The van der Waals surface area contributed by atoms with Gasteiger partial charge in [-0.15, -0.1) is 0 Å². The van der Waals surface area contributed by atoms with E-state index in [9.17, 15) is 4.79 Å². The minimum atomic E-state index is -0.253. The molecule has 3 N–H and O–H groups in total. The standard InChI is InChI=1S/C14H21ClN2O2/c1-3-11(6-7-18)9-16-14(19)17-12-5-4-10(2)13(15)8-12/h4-5,8,11,18H,3,6-7,9H2,1-2H3,(H2,16,17,19). The average Bonchev–Trinajstić information content (AvgIpc) is 2.39. The van der Waals surface area contributed by atoms with Crippen LogP contribution in [0.2, 0.25) is 5.02 Å². The molecule has 19 heavy (non-hydrogen) atoms. The third kappa shape index (κ3) is 5.49. The van der Waals surface area contributed by atoms with Crippen LogP contribution in [0.1, 0.15) is 25.3 Å². The summed E-state index contributed by atoms with van der Waals surface area (Å²) in [5.41, 5.74) is 1.64. The molecule has 4 nitrogen and oxygen atoms in total. The number of aryl methyl sites for hydroxylation is 1. The van der Waals surface area contributed by atoms with Crippen LogP contribution < -0.4 is 10.6 Å². The number of aliphatic hydroxyl groups excluding tert-OH is 1. The van der Waals surface area contributed by atoms with Crippen molar-refractivity contribution in [1.29, 1.82) is 0 Å². The number of hydrogen-bond acceptors (Lipinski definition) is 2. The van der Waals surface area contributed by atoms with Gasteiger partial charge >= 0.3 is 6.03 Å². The summed E-state index contributed by atoms with van der Waals surface area (Å²) in [6.45, 7) is 4.66. The number of urea groups is 1. The van der Waals surface area contributed by atoms with Crippen molar-refractivity contribution in [3.63, 3.8) is 0 Å². The number of anilines is 1. The van der Waals surface area contributed by atoms with E-state index < -0.39 is 0 Å². The highest BCUT2D eigenvalue weighted by Gasteiger charge is 2.08. The summed E-state index contributed by atoms with van der Waals surface area (Å²) in [6.07, 6.45) is 1.63. The highest BCUT2D eigenvalue weighted by Crippen LogP contribution is 2.19. The molecule has 1 rings (SSSR count). The van der Waals surface area contributed by atoms with E-state index in [1.54, 1.807) is 6.07 Å². The number of rotatable bonds is 6. The average molecular weight is 285 g/mol. The maximum Gasteiger partial charge on any atom is 0.319 e. The van der Waals surface area contributed by atoms with Crippen molar-refractivity contribution in [3.05, 3.63) is 28.8 Å². The summed E-state index contributed by atoms with van der Waals surface area (Å²) in [6, 6.07) is 5.14. The topological polar surface area (TPSA) is 61.4 Å². The number of halogens is 1. The summed E-state index contributed by atoms with van der Waals surface area (Å²) in [4.78, 5) is 11.7. The Bertz CT molecular complexity index is 424. The van der Waals surface area contributed by atoms with Crippen LogP contribution in [0.4, 0.5) is 10.5 Å². The first-order chi connectivity index (χ1) is 9.06. The van der Waals surface area contributed by atoms with Gasteiger partial charge in [0, 0.05) is 23.9 Å². The molecule has 0 bridgehead atoms. The Balaban J connectivity index is 2.44. The Morgan fingerprint density at radius 3 is 2.79 bits per heavy atom. The summed E-state index contributed by atoms with van der Waals surface area (Å²) < 4.78 is 0. The van der Waals surface area contributed by atoms with Gasteiger partial charge in [0.25, 0.3) is 0 Å². The smallest absolute Gasteiger partial charge is 0.319 e. The van der Waals surface area contributed by atoms with Gasteiger partial charge in [-0.25, -0.2) is 4.79 Å². The number of carbonyl (C=O) groups excluding carboxylic acids is 1. The second-order valence-corrected chi connectivity index (χ2v) is 4.99. The molecule has 1 atom stereocenters. The van der Waals surface area contributed by atoms with Crippen LogP contribution in [0.15, 0.2) is 18.2 Å². The lowest BCUT2D eigenvalue weighted by molar-refractivity contribution is 0.238. The first-order valence-electron chi connectivity index (χ1n) is 6.48. The van der Waals surface area contributed by atoms with E-state index in [1.807, 2.05) is 26.0 Å². The van der Waals surface area contributed by atoms with Crippen molar-refractivity contribution < 1.29 is 9.90 Å². The highest BCUT2D eigenvalue weighted by atomic mass is 35.5. The molecular weight excluding hydrogens is 264 g/mol. The lowest BCUT2D eigenvalue weighted by atomic mass is 10.0. The molecule has 2 amide bonds. The van der Waals surface area contributed by atoms with Gasteiger partial charge in [-0.1, -0.05) is 31.0 Å². The van der Waals surface area contributed by atoms with Crippen LogP contribution in [0.3, 0.4) is 0 Å². The number of carbonyl (C=O) groups is 1. The second kappa shape index (κ2) is 8.02. The summed E-state index contributed by atoms with van der Waals surface area (Å²) in [5, 5.41) is 15.0. The van der Waals surface area contributed by atoms with E-state index in [-0.39, 0.29) is 12.6 Å². The molecule has 0 fully saturated rings. The van der Waals surface area contributed by atoms with Crippen LogP contribution in [-0.4, -0.2) is 24.3 Å². The molecule has 0 radical (unpaired) electrons. The first-order valence-corrected chi connectivity index (χ1v) is 6.86. The summed E-state index contributed by atoms with van der Waals surface area (Å²) in [7, 11) is 0. The number of aliphatic hydroxyl groups is 1. The van der Waals surface area contributed by atoms with Crippen molar-refractivity contribution in [2.24, 2.45) is 5.92 Å². The van der Waals surface area contributed by atoms with Gasteiger partial charge in [0.2, 0.25) is 0 Å². The summed E-state index contributed by atoms with van der Waals surface area (Å²) >= 11 is 5.99. The highest BCUT2D eigenvalue weighted by molar-refractivity contribution is 6.31. The number of hydrogen-bond donors (Lipinski definition) is 3. The van der Waals surface area contributed by atoms with E-state index in [4.69, 9.17) is 16.7 Å². The predicted molar refractivity (Wildman–Crippen MR) is 78.7 cm³/mol. The Labute approximate surface area is 119 Å². The number of benzene rings is 1. The van der Waals surface area contributed by atoms with Gasteiger partial charge in [-0.2, -0.15) is 0 Å². The SMILES string of the molecule is CCC(CCO)CNC(=O)Nc1ccc(C)c(Cl)c1. The van der Waals surface area contributed by atoms with Crippen molar-refractivity contribution >= 4 is 23.3 Å². The Kier molecular flexibility index (Phi) is 6.67. The Morgan fingerprint density at radius 1 is 1.47 bits per heavy atom. The lowest BCUT2D eigenvalue weighted by Gasteiger charge is -2.15. The molecule has 0 aliphatic heterocycles. The minimum Gasteiger partial charge on any atom is -0.396 e. The van der Waals surface area contributed by atoms with Gasteiger partial charge in [-0.3, -0.25) is 0 Å². The summed E-state index contributed by atoms with van der Waals surface area (Å²) in [5.74, 6) is 0.303. The molecule has 106 valence electrons. The van der Waals surface area contributed by atoms with Crippen molar-refractivity contribution in [2.45, 2.75) is 26.7 Å². The monoisotopic (exact) mass is 284 g/mol. The second-order valence-electron chi connectivity index (χ2n) is 4.59. The molecule has 0 saturated carbocycles. The Morgan fingerprint density at radius 2 is 2.21 bits per heavy atom. The van der Waals surface area contributed by atoms with E-state index >= 15 is 0 Å². The predicted octanol–water partition coefficient (Wildman–Crippen LogP) is 3.18. The maximum atomic E-state index is 11.7. The Hall–Kier alpha value is -1.26. The zero-order chi connectivity index (χ0) is 14.3. The molecule has 0 aliphatic carbocycles. The van der Waals surface area contributed by atoms with E-state index in [0.29, 0.717) is 29.6 Å². The van der Waals surface area contributed by atoms with Gasteiger partial charge in [-0.05, 0) is 37.0 Å². The van der Waals surface area contributed by atoms with Crippen LogP contribution in [-0.2, 0) is 0 Å². The molecule has 0 saturated heterocycles. The van der Waals surface area contributed by atoms with E-state index in [2.05, 4.69) is 10.6 Å². The van der Waals surface area contributed by atoms with Gasteiger partial charge in [0.15, 0.2) is 0 Å². The van der Waals surface area contributed by atoms with Crippen molar-refractivity contribution in [1.82, 2.24) is 5.32 Å². The molecule has 1 aromatic rings. The normalized spacial score (nSPS) is 12.0. The first kappa shape index (κ1) is 15.8. The quantitative estimate of drug-likeness (QED) is 0.751. The lowest BCUT2D eigenvalue weighted by Crippen LogP contribution is -2.33. The fraction of sp³-hybridized carbons (Fsp3) is 0.500. The van der Waals surface area contributed by atoms with Crippen LogP contribution in [0.25, 0.3) is 0 Å². The van der Waals surface area contributed by atoms with Crippen LogP contribution in [0.5, 0.6) is 0 Å². The third-order valence-corrected chi connectivity index (χ3v) is 3.50. The number of amides is 2. The molecule has 5 heteroatoms. The third-order valence-electron chi connectivity index (χ3n) is 3.10. The zero-order valence-corrected chi connectivity index (χ0v) is 12.1. The zero-order valence-electron chi connectivity index (χ0n) is 11.4. The molecule has 0 spiro atoms. The fourth-order valence-electron chi connectivity index (χ4n) is 1.72. The molecule has 0 aromatic heterocycles. The van der Waals surface area contributed by atoms with Gasteiger partial charge in [0.1, 0.15) is 0 Å². The van der Waals surface area contributed by atoms with Crippen molar-refractivity contribution in [2.75, 3.05) is 18.5 Å². The minimum absolute atomic E-state index is 0.148. The van der Waals surface area contributed by atoms with Crippen molar-refractivity contribution in [3.8, 4) is 0 Å². The maximum absolute atomic E-state index is 11.7. The van der Waals surface area contributed by atoms with Gasteiger partial charge < -0.3 is 15.7 Å². The van der Waals surface area contributed by atoms with E-state index in [0.717, 1.165) is 12.0 Å². The van der Waals surface area contributed by atoms with Gasteiger partial charge in [0.05, 0.1) is 0 Å². The molecule has 1 aromatic carbocycles. The molecule has 0 heterocycles. The largest absolute Gasteiger partial charge is 0.396 e. The van der Waals surface area contributed by atoms with E-state index in [1.165, 1.54) is 0 Å². The van der Waals surface area contributed by atoms with Crippen LogP contribution >= 0.6 is 11.6 Å². The molecular formula is C14H21ClN2O2. The number of nitrogens with one attached hydrogen (secondary N) is 2. The molecule has 0 aliphatic rings. The molecule has 1 unspecified atom stereocenters. The fourth-order valence-corrected chi connectivity index (χ4v) is 1.90.